The average molecular weight is 393 g/mol. The van der Waals surface area contributed by atoms with E-state index in [1.54, 1.807) is 11.3 Å². The van der Waals surface area contributed by atoms with Crippen LogP contribution in [0.2, 0.25) is 4.34 Å². The fourth-order valence-corrected chi connectivity index (χ4v) is 4.24. The lowest BCUT2D eigenvalue weighted by molar-refractivity contribution is 0.192. The second kappa shape index (κ2) is 7.92. The molecule has 0 saturated heterocycles. The second-order valence-corrected chi connectivity index (χ2v) is 9.40. The molecule has 2 aromatic rings. The molecular weight excluding hydrogens is 368 g/mol. The molecule has 0 bridgehead atoms. The minimum absolute atomic E-state index is 0.00367. The molecule has 7 heteroatoms. The van der Waals surface area contributed by atoms with Gasteiger partial charge in [0.2, 0.25) is 0 Å². The molecule has 26 heavy (non-hydrogen) atoms. The van der Waals surface area contributed by atoms with E-state index in [-0.39, 0.29) is 11.4 Å². The number of aromatic nitrogens is 2. The van der Waals surface area contributed by atoms with E-state index in [1.165, 1.54) is 10.4 Å². The maximum absolute atomic E-state index is 12.4. The lowest BCUT2D eigenvalue weighted by Gasteiger charge is -2.27. The summed E-state index contributed by atoms with van der Waals surface area (Å²) < 4.78 is 0.803. The van der Waals surface area contributed by atoms with E-state index in [0.717, 1.165) is 41.7 Å². The third-order valence-corrected chi connectivity index (χ3v) is 5.76. The van der Waals surface area contributed by atoms with Gasteiger partial charge in [-0.2, -0.15) is 0 Å². The van der Waals surface area contributed by atoms with Gasteiger partial charge in [-0.15, -0.1) is 11.3 Å². The zero-order valence-electron chi connectivity index (χ0n) is 15.5. The second-order valence-electron chi connectivity index (χ2n) is 7.63. The molecule has 0 aliphatic carbocycles. The van der Waals surface area contributed by atoms with Crippen molar-refractivity contribution in [3.63, 3.8) is 0 Å². The smallest absolute Gasteiger partial charge is 0.317 e. The number of amides is 2. The summed E-state index contributed by atoms with van der Waals surface area (Å²) in [6.45, 7) is 8.36. The maximum atomic E-state index is 12.4. The van der Waals surface area contributed by atoms with Gasteiger partial charge in [-0.05, 0) is 37.0 Å². The number of fused-ring (bicyclic) bond motifs is 1. The highest BCUT2D eigenvalue weighted by atomic mass is 35.5. The highest BCUT2D eigenvalue weighted by molar-refractivity contribution is 7.16. The number of halogens is 1. The first kappa shape index (κ1) is 19.1. The first-order chi connectivity index (χ1) is 12.3. The van der Waals surface area contributed by atoms with Crippen LogP contribution in [-0.4, -0.2) is 34.0 Å². The summed E-state index contributed by atoms with van der Waals surface area (Å²) in [6.07, 6.45) is 4.39. The molecule has 3 rings (SSSR count). The summed E-state index contributed by atoms with van der Waals surface area (Å²) in [5.41, 5.74) is 2.15. The molecule has 0 saturated carbocycles. The van der Waals surface area contributed by atoms with E-state index in [4.69, 9.17) is 11.6 Å². The molecule has 5 nitrogen and oxygen atoms in total. The van der Waals surface area contributed by atoms with Crippen molar-refractivity contribution in [3.05, 3.63) is 44.6 Å². The number of urea groups is 1. The zero-order valence-corrected chi connectivity index (χ0v) is 17.1. The minimum Gasteiger partial charge on any atom is -0.338 e. The van der Waals surface area contributed by atoms with Crippen molar-refractivity contribution in [2.75, 3.05) is 13.1 Å². The highest BCUT2D eigenvalue weighted by Gasteiger charge is 2.22. The van der Waals surface area contributed by atoms with Gasteiger partial charge >= 0.3 is 6.03 Å². The van der Waals surface area contributed by atoms with Gasteiger partial charge < -0.3 is 10.2 Å². The van der Waals surface area contributed by atoms with Crippen LogP contribution in [0.25, 0.3) is 0 Å². The molecule has 0 radical (unpaired) electrons. The molecule has 3 heterocycles. The van der Waals surface area contributed by atoms with Crippen LogP contribution in [0.3, 0.4) is 0 Å². The highest BCUT2D eigenvalue weighted by Crippen LogP contribution is 2.31. The van der Waals surface area contributed by atoms with Gasteiger partial charge in [0.15, 0.2) is 0 Å². The summed E-state index contributed by atoms with van der Waals surface area (Å²) in [5.74, 6) is 0.859. The Labute approximate surface area is 163 Å². The van der Waals surface area contributed by atoms with Crippen molar-refractivity contribution in [1.29, 1.82) is 0 Å². The van der Waals surface area contributed by atoms with Crippen molar-refractivity contribution in [2.24, 2.45) is 0 Å². The first-order valence-corrected chi connectivity index (χ1v) is 10.1. The van der Waals surface area contributed by atoms with Crippen molar-refractivity contribution in [1.82, 2.24) is 20.2 Å². The number of hydrogen-bond donors (Lipinski definition) is 1. The van der Waals surface area contributed by atoms with Gasteiger partial charge in [-0.25, -0.2) is 14.8 Å². The molecule has 0 fully saturated rings. The normalized spacial score (nSPS) is 14.2. The SMILES string of the molecule is CC(C)(C)c1nccc(CCCNC(=O)N2CCc3sc(Cl)cc3C2)n1. The topological polar surface area (TPSA) is 58.1 Å². The number of carbonyl (C=O) groups excluding carboxylic acids is 1. The molecular formula is C19H25ClN4OS. The first-order valence-electron chi connectivity index (χ1n) is 8.95. The molecule has 0 spiro atoms. The van der Waals surface area contributed by atoms with Crippen LogP contribution in [-0.2, 0) is 24.8 Å². The number of carbonyl (C=O) groups is 1. The predicted octanol–water partition coefficient (Wildman–Crippen LogP) is 4.19. The van der Waals surface area contributed by atoms with Crippen molar-refractivity contribution < 1.29 is 4.79 Å². The van der Waals surface area contributed by atoms with E-state index in [2.05, 4.69) is 36.1 Å². The van der Waals surface area contributed by atoms with Crippen LogP contribution in [0.1, 0.15) is 49.2 Å². The third-order valence-electron chi connectivity index (χ3n) is 4.39. The Morgan fingerprint density at radius 2 is 2.23 bits per heavy atom. The van der Waals surface area contributed by atoms with E-state index in [9.17, 15) is 4.79 Å². The molecule has 2 amide bonds. The number of nitrogens with zero attached hydrogens (tertiary/aromatic N) is 3. The van der Waals surface area contributed by atoms with E-state index >= 15 is 0 Å². The lowest BCUT2D eigenvalue weighted by atomic mass is 9.95. The summed E-state index contributed by atoms with van der Waals surface area (Å²) in [7, 11) is 0. The van der Waals surface area contributed by atoms with Crippen LogP contribution in [0.5, 0.6) is 0 Å². The van der Waals surface area contributed by atoms with E-state index in [0.29, 0.717) is 13.1 Å². The Bertz CT molecular complexity index is 784. The van der Waals surface area contributed by atoms with Gasteiger partial charge in [-0.1, -0.05) is 32.4 Å². The summed E-state index contributed by atoms with van der Waals surface area (Å²) >= 11 is 7.69. The number of rotatable bonds is 4. The molecule has 0 atom stereocenters. The van der Waals surface area contributed by atoms with E-state index < -0.39 is 0 Å². The van der Waals surface area contributed by atoms with Gasteiger partial charge in [0.25, 0.3) is 0 Å². The van der Waals surface area contributed by atoms with Gasteiger partial charge in [0, 0.05) is 41.8 Å². The molecule has 1 aliphatic rings. The number of aryl methyl sites for hydroxylation is 1. The average Bonchev–Trinajstić information content (AvgIpc) is 2.97. The Balaban J connectivity index is 1.45. The van der Waals surface area contributed by atoms with Gasteiger partial charge in [-0.3, -0.25) is 0 Å². The standard InChI is InChI=1S/C19H25ClN4OS/c1-19(2,3)17-21-9-6-14(23-17)5-4-8-22-18(25)24-10-7-15-13(12-24)11-16(20)26-15/h6,9,11H,4-5,7-8,10,12H2,1-3H3,(H,22,25). The zero-order chi connectivity index (χ0) is 18.7. The number of nitrogens with one attached hydrogen (secondary N) is 1. The van der Waals surface area contributed by atoms with E-state index in [1.807, 2.05) is 23.2 Å². The Morgan fingerprint density at radius 1 is 1.42 bits per heavy atom. The van der Waals surface area contributed by atoms with Gasteiger partial charge in [0.1, 0.15) is 5.82 Å². The van der Waals surface area contributed by atoms with Crippen LogP contribution in [0.15, 0.2) is 18.3 Å². The fraction of sp³-hybridized carbons (Fsp3) is 0.526. The Morgan fingerprint density at radius 3 is 3.00 bits per heavy atom. The minimum atomic E-state index is -0.0537. The summed E-state index contributed by atoms with van der Waals surface area (Å²) in [5, 5.41) is 3.02. The van der Waals surface area contributed by atoms with Crippen molar-refractivity contribution in [2.45, 2.75) is 52.0 Å². The maximum Gasteiger partial charge on any atom is 0.317 e. The number of thiophene rings is 1. The van der Waals surface area contributed by atoms with Crippen molar-refractivity contribution >= 4 is 29.0 Å². The summed E-state index contributed by atoms with van der Waals surface area (Å²) in [4.78, 5) is 24.5. The molecule has 0 aromatic carbocycles. The number of hydrogen-bond acceptors (Lipinski definition) is 4. The third kappa shape index (κ3) is 4.74. The van der Waals surface area contributed by atoms with Crippen LogP contribution >= 0.6 is 22.9 Å². The largest absolute Gasteiger partial charge is 0.338 e. The molecule has 2 aromatic heterocycles. The predicted molar refractivity (Wildman–Crippen MR) is 106 cm³/mol. The quantitative estimate of drug-likeness (QED) is 0.793. The molecule has 1 aliphatic heterocycles. The Kier molecular flexibility index (Phi) is 5.82. The molecule has 0 unspecified atom stereocenters. The van der Waals surface area contributed by atoms with Crippen molar-refractivity contribution in [3.8, 4) is 0 Å². The molecule has 140 valence electrons. The fourth-order valence-electron chi connectivity index (χ4n) is 2.94. The lowest BCUT2D eigenvalue weighted by Crippen LogP contribution is -2.42. The van der Waals surface area contributed by atoms with Crippen LogP contribution in [0, 0.1) is 0 Å². The van der Waals surface area contributed by atoms with Gasteiger partial charge in [0.05, 0.1) is 4.34 Å². The molecule has 1 N–H and O–H groups in total. The van der Waals surface area contributed by atoms with Crippen LogP contribution in [0.4, 0.5) is 4.79 Å². The monoisotopic (exact) mass is 392 g/mol. The summed E-state index contributed by atoms with van der Waals surface area (Å²) in [6, 6.07) is 3.92. The van der Waals surface area contributed by atoms with Crippen LogP contribution < -0.4 is 5.32 Å². The Hall–Kier alpha value is -1.66.